The second-order valence-corrected chi connectivity index (χ2v) is 26.4. The lowest BCUT2D eigenvalue weighted by Crippen LogP contribution is -2.42. The number of hydrogen-bond donors (Lipinski definition) is 0. The Morgan fingerprint density at radius 2 is 0.662 bits per heavy atom. The molecule has 6 rings (SSSR count). The number of hydrogen-bond acceptors (Lipinski definition) is 11. The third-order valence-corrected chi connectivity index (χ3v) is 21.5. The van der Waals surface area contributed by atoms with Crippen molar-refractivity contribution in [2.75, 3.05) is 6.26 Å². The molecule has 0 heterocycles. The minimum absolute atomic E-state index is 0.0757. The van der Waals surface area contributed by atoms with Crippen molar-refractivity contribution in [1.29, 1.82) is 0 Å². The van der Waals surface area contributed by atoms with Crippen LogP contribution in [-0.2, 0) is 40.4 Å². The summed E-state index contributed by atoms with van der Waals surface area (Å²) >= 11 is 5.15. The average molecular weight is 1070 g/mol. The molecule has 0 N–H and O–H groups in total. The molecule has 21 heteroatoms. The second kappa shape index (κ2) is 21.9. The monoisotopic (exact) mass is 1070 g/mol. The number of sulfone groups is 3. The van der Waals surface area contributed by atoms with Gasteiger partial charge in [-0.15, -0.1) is 0 Å². The molecule has 0 aliphatic rings. The van der Waals surface area contributed by atoms with Crippen LogP contribution in [0.3, 0.4) is 0 Å². The molecule has 0 atom stereocenters. The summed E-state index contributed by atoms with van der Waals surface area (Å²) in [5, 5.41) is 0. The van der Waals surface area contributed by atoms with Gasteiger partial charge in [-0.1, -0.05) is 83.8 Å². The smallest absolute Gasteiger partial charge is 0.295 e. The van der Waals surface area contributed by atoms with Crippen LogP contribution in [0, 0.1) is 3.91 Å². The highest BCUT2D eigenvalue weighted by molar-refractivity contribution is 8.29. The molecule has 6 aromatic carbocycles. The van der Waals surface area contributed by atoms with Crippen LogP contribution in [0.2, 0.25) is 0 Å². The van der Waals surface area contributed by atoms with Crippen LogP contribution >= 0.6 is 35.3 Å². The Morgan fingerprint density at radius 1 is 0.441 bits per heavy atom. The first kappa shape index (κ1) is 54.2. The van der Waals surface area contributed by atoms with Crippen molar-refractivity contribution in [3.05, 3.63) is 173 Å². The Kier molecular flexibility index (Phi) is 17.4. The van der Waals surface area contributed by atoms with Crippen molar-refractivity contribution in [2.24, 2.45) is 0 Å². The van der Waals surface area contributed by atoms with Gasteiger partial charge in [0.25, 0.3) is 0 Å². The molecule has 0 aliphatic carbocycles. The Bertz CT molecular complexity index is 2820. The lowest BCUT2D eigenvalue weighted by molar-refractivity contribution is -0.0449. The largest absolute Gasteiger partial charge is 0.470 e. The van der Waals surface area contributed by atoms with Crippen molar-refractivity contribution in [3.8, 4) is 0 Å². The molecule has 0 radical (unpaired) electrons. The minimum Gasteiger partial charge on any atom is -0.295 e. The number of halogens is 6. The quantitative estimate of drug-likeness (QED) is 0.0421. The number of benzene rings is 6. The van der Waals surface area contributed by atoms with Crippen LogP contribution in [0.5, 0.6) is 0 Å². The zero-order valence-electron chi connectivity index (χ0n) is 36.0. The van der Waals surface area contributed by atoms with Gasteiger partial charge in [-0.25, -0.2) is 0 Å². The predicted octanol–water partition coefficient (Wildman–Crippen LogP) is 13.0. The lowest BCUT2D eigenvalue weighted by Gasteiger charge is -2.29. The first-order valence-electron chi connectivity index (χ1n) is 19.3. The third-order valence-electron chi connectivity index (χ3n) is 9.11. The second-order valence-electron chi connectivity index (χ2n) is 14.4. The van der Waals surface area contributed by atoms with Crippen LogP contribution < -0.4 is 0 Å². The van der Waals surface area contributed by atoms with Gasteiger partial charge in [-0.3, -0.25) is 34.8 Å². The lowest BCUT2D eigenvalue weighted by atomic mass is 10.1. The maximum Gasteiger partial charge on any atom is 0.470 e. The van der Waals surface area contributed by atoms with Crippen molar-refractivity contribution in [3.63, 3.8) is 0 Å². The number of Topliss-reactive ketones (excluding diaryl/α,β-unsaturated/α-hetero) is 2. The summed E-state index contributed by atoms with van der Waals surface area (Å²) in [5.41, 5.74) is -9.37. The van der Waals surface area contributed by atoms with Gasteiger partial charge in [0, 0.05) is 46.8 Å². The van der Waals surface area contributed by atoms with Crippen molar-refractivity contribution in [2.45, 2.75) is 75.8 Å². The zero-order chi connectivity index (χ0) is 50.4. The molecule has 0 spiro atoms. The number of rotatable bonds is 15. The van der Waals surface area contributed by atoms with E-state index in [1.807, 2.05) is 55.5 Å². The number of allylic oxidation sites excluding steroid dienone is 1. The van der Waals surface area contributed by atoms with Crippen LogP contribution in [0.25, 0.3) is 5.57 Å². The van der Waals surface area contributed by atoms with Gasteiger partial charge in [0.15, 0.2) is 45.9 Å². The van der Waals surface area contributed by atoms with E-state index >= 15 is 0 Å². The molecule has 0 saturated heterocycles. The fraction of sp³-hybridized carbons (Fsp3) is 0.128. The molecule has 8 nitrogen and oxygen atoms in total. The number of ketones is 2. The molecule has 358 valence electrons. The molecule has 0 saturated carbocycles. The highest BCUT2D eigenvalue weighted by atomic mass is 32.3. The van der Waals surface area contributed by atoms with Crippen LogP contribution in [-0.4, -0.2) is 54.1 Å². The molecule has 0 unspecified atom stereocenters. The fourth-order valence-corrected chi connectivity index (χ4v) is 16.1. The van der Waals surface area contributed by atoms with Gasteiger partial charge in [-0.2, -0.15) is 26.3 Å². The van der Waals surface area contributed by atoms with Gasteiger partial charge in [0.05, 0.1) is 24.6 Å². The van der Waals surface area contributed by atoms with Gasteiger partial charge in [0.1, 0.15) is 0 Å². The molecule has 0 aromatic heterocycles. The average Bonchev–Trinajstić information content (AvgIpc) is 3.25. The molecular formula is C47H38F6O8S7. The van der Waals surface area contributed by atoms with E-state index < -0.39 is 50.7 Å². The SMILES string of the molecule is C=C(C)c1ccc(Sc2ccc([S+](c3ccc(Sc4ccc(C(C)=O)cc4)cc3)c3ccc(Sc4ccc(C(C)=O)cc4)cc3)cc2)cc1.CS(=O)(=O)[C-](S(=O)(=O)C(F)(F)F)S(=O)(=O)C(F)(F)F. The van der Waals surface area contributed by atoms with E-state index in [0.29, 0.717) is 0 Å². The van der Waals surface area contributed by atoms with Crippen LogP contribution in [0.4, 0.5) is 26.3 Å². The summed E-state index contributed by atoms with van der Waals surface area (Å²) in [6.45, 7) is 9.26. The number of carbonyl (C=O) groups is 2. The van der Waals surface area contributed by atoms with E-state index in [0.717, 1.165) is 41.8 Å². The van der Waals surface area contributed by atoms with E-state index in [1.54, 1.807) is 49.1 Å². The van der Waals surface area contributed by atoms with Gasteiger partial charge in [0.2, 0.25) is 0 Å². The van der Waals surface area contributed by atoms with E-state index in [9.17, 15) is 61.2 Å². The normalized spacial score (nSPS) is 12.4. The van der Waals surface area contributed by atoms with Crippen molar-refractivity contribution >= 4 is 92.8 Å². The maximum absolute atomic E-state index is 12.0. The number of alkyl halides is 6. The third kappa shape index (κ3) is 13.7. The summed E-state index contributed by atoms with van der Waals surface area (Å²) in [4.78, 5) is 34.0. The Balaban J connectivity index is 0.000000385. The summed E-state index contributed by atoms with van der Waals surface area (Å²) < 4.78 is 133. The first-order valence-corrected chi connectivity index (χ1v) is 27.9. The van der Waals surface area contributed by atoms with E-state index in [4.69, 9.17) is 0 Å². The molecule has 0 fully saturated rings. The molecular weight excluding hydrogens is 1030 g/mol. The standard InChI is InChI=1S/C43H35O2S4.C4H3F6O6S3/c1-29(2)32-5-11-35(12-6-32)46-38-17-23-41(24-18-38)49(42-25-19-39(20-26-42)47-36-13-7-33(8-14-36)30(3)44)43-27-21-40(22-28-43)48-37-15-9-34(10-16-37)31(4)45;1-17(11,12)2(18(13,14)3(5,6)7)19(15,16)4(8,9)10/h5-28H,1H2,2-4H3;1H3/q+1;-1. The van der Waals surface area contributed by atoms with E-state index in [1.165, 1.54) is 24.5 Å². The van der Waals surface area contributed by atoms with Crippen LogP contribution in [0.15, 0.2) is 196 Å². The topological polar surface area (TPSA) is 137 Å². The Labute approximate surface area is 406 Å². The highest BCUT2D eigenvalue weighted by Gasteiger charge is 2.57. The Morgan fingerprint density at radius 3 is 0.853 bits per heavy atom. The molecule has 0 bridgehead atoms. The van der Waals surface area contributed by atoms with Crippen LogP contribution in [0.1, 0.15) is 47.1 Å². The highest BCUT2D eigenvalue weighted by Crippen LogP contribution is 2.43. The van der Waals surface area contributed by atoms with E-state index in [-0.39, 0.29) is 22.5 Å². The molecule has 68 heavy (non-hydrogen) atoms. The Hall–Kier alpha value is -4.77. The summed E-state index contributed by atoms with van der Waals surface area (Å²) in [7, 11) is -20.6. The predicted molar refractivity (Wildman–Crippen MR) is 256 cm³/mol. The molecule has 0 aliphatic heterocycles. The minimum atomic E-state index is -7.22. The summed E-state index contributed by atoms with van der Waals surface area (Å²) in [5.74, 6) is 0.151. The van der Waals surface area contributed by atoms with Gasteiger partial charge < -0.3 is 0 Å². The van der Waals surface area contributed by atoms with Gasteiger partial charge in [-0.05, 0) is 136 Å². The first-order chi connectivity index (χ1) is 31.6. The van der Waals surface area contributed by atoms with E-state index in [2.05, 4.69) is 104 Å². The zero-order valence-corrected chi connectivity index (χ0v) is 41.7. The van der Waals surface area contributed by atoms with Crippen molar-refractivity contribution in [1.82, 2.24) is 0 Å². The molecule has 6 aromatic rings. The fourth-order valence-electron chi connectivity index (χ4n) is 5.80. The van der Waals surface area contributed by atoms with Crippen molar-refractivity contribution < 1.29 is 61.2 Å². The summed E-state index contributed by atoms with van der Waals surface area (Å²) in [6, 6.07) is 50.8. The number of carbonyl (C=O) groups excluding carboxylic acids is 2. The summed E-state index contributed by atoms with van der Waals surface area (Å²) in [6.07, 6.45) is -0.408. The maximum atomic E-state index is 12.0. The molecule has 0 amide bonds. The van der Waals surface area contributed by atoms with Gasteiger partial charge >= 0.3 is 11.0 Å².